The zero-order valence-electron chi connectivity index (χ0n) is 9.82. The van der Waals surface area contributed by atoms with E-state index in [1.165, 1.54) is 37.8 Å². The second-order valence-corrected chi connectivity index (χ2v) is 4.79. The van der Waals surface area contributed by atoms with Crippen molar-refractivity contribution in [2.75, 3.05) is 13.1 Å². The van der Waals surface area contributed by atoms with Crippen LogP contribution < -0.4 is 0 Å². The molecule has 2 rings (SSSR count). The summed E-state index contributed by atoms with van der Waals surface area (Å²) in [6, 6.07) is 4.59. The molecule has 0 amide bonds. The Morgan fingerprint density at radius 3 is 3.12 bits per heavy atom. The van der Waals surface area contributed by atoms with Crippen molar-refractivity contribution >= 4 is 11.6 Å². The third-order valence-electron chi connectivity index (χ3n) is 3.27. The van der Waals surface area contributed by atoms with Crippen molar-refractivity contribution in [3.05, 3.63) is 29.0 Å². The van der Waals surface area contributed by atoms with Gasteiger partial charge in [0, 0.05) is 17.8 Å². The molecule has 16 heavy (non-hydrogen) atoms. The summed E-state index contributed by atoms with van der Waals surface area (Å²) in [5.74, 6) is 0. The maximum Gasteiger partial charge on any atom is 0.133 e. The summed E-state index contributed by atoms with van der Waals surface area (Å²) >= 11 is 6.19. The summed E-state index contributed by atoms with van der Waals surface area (Å²) in [6.07, 6.45) is 6.79. The van der Waals surface area contributed by atoms with Gasteiger partial charge in [-0.15, -0.1) is 0 Å². The largest absolute Gasteiger partial charge is 0.296 e. The van der Waals surface area contributed by atoms with E-state index < -0.39 is 0 Å². The first-order chi connectivity index (χ1) is 7.83. The summed E-state index contributed by atoms with van der Waals surface area (Å²) in [6.45, 7) is 4.59. The lowest BCUT2D eigenvalue weighted by Gasteiger charge is -2.36. The van der Waals surface area contributed by atoms with Crippen LogP contribution in [0.2, 0.25) is 5.15 Å². The molecular weight excluding hydrogens is 220 g/mol. The molecule has 0 N–H and O–H groups in total. The molecule has 88 valence electrons. The zero-order valence-corrected chi connectivity index (χ0v) is 10.6. The molecule has 0 radical (unpaired) electrons. The highest BCUT2D eigenvalue weighted by atomic mass is 35.5. The highest BCUT2D eigenvalue weighted by molar-refractivity contribution is 6.30. The molecule has 1 atom stereocenters. The SMILES string of the molecule is CCCN1CCCC[C@H]1c1cccnc1Cl. The second-order valence-electron chi connectivity index (χ2n) is 4.43. The third-order valence-corrected chi connectivity index (χ3v) is 3.59. The van der Waals surface area contributed by atoms with Crippen LogP contribution in [0.15, 0.2) is 18.3 Å². The Labute approximate surface area is 103 Å². The number of pyridine rings is 1. The van der Waals surface area contributed by atoms with Gasteiger partial charge in [0.05, 0.1) is 0 Å². The van der Waals surface area contributed by atoms with E-state index in [0.717, 1.165) is 6.54 Å². The first kappa shape index (κ1) is 11.9. The van der Waals surface area contributed by atoms with Gasteiger partial charge in [0.25, 0.3) is 0 Å². The molecule has 1 aliphatic heterocycles. The molecule has 2 heterocycles. The first-order valence-electron chi connectivity index (χ1n) is 6.17. The van der Waals surface area contributed by atoms with Crippen molar-refractivity contribution < 1.29 is 0 Å². The molecule has 0 bridgehead atoms. The summed E-state index contributed by atoms with van der Waals surface area (Å²) < 4.78 is 0. The Kier molecular flexibility index (Phi) is 4.19. The average Bonchev–Trinajstić information content (AvgIpc) is 2.31. The fraction of sp³-hybridized carbons (Fsp3) is 0.615. The Hall–Kier alpha value is -0.600. The molecule has 2 nitrogen and oxygen atoms in total. The molecule has 0 spiro atoms. The molecule has 1 fully saturated rings. The van der Waals surface area contributed by atoms with Crippen molar-refractivity contribution in [2.45, 2.75) is 38.6 Å². The maximum atomic E-state index is 6.19. The lowest BCUT2D eigenvalue weighted by atomic mass is 9.96. The van der Waals surface area contributed by atoms with Gasteiger partial charge in [-0.1, -0.05) is 31.0 Å². The van der Waals surface area contributed by atoms with E-state index in [-0.39, 0.29) is 0 Å². The van der Waals surface area contributed by atoms with Crippen LogP contribution in [0.5, 0.6) is 0 Å². The number of likely N-dealkylation sites (tertiary alicyclic amines) is 1. The van der Waals surface area contributed by atoms with Crippen LogP contribution >= 0.6 is 11.6 Å². The smallest absolute Gasteiger partial charge is 0.133 e. The van der Waals surface area contributed by atoms with Gasteiger partial charge in [-0.3, -0.25) is 4.90 Å². The van der Waals surface area contributed by atoms with Crippen LogP contribution in [-0.4, -0.2) is 23.0 Å². The number of piperidine rings is 1. The average molecular weight is 239 g/mol. The Morgan fingerprint density at radius 1 is 1.50 bits per heavy atom. The van der Waals surface area contributed by atoms with E-state index in [9.17, 15) is 0 Å². The minimum atomic E-state index is 0.481. The molecule has 3 heteroatoms. The summed E-state index contributed by atoms with van der Waals surface area (Å²) in [7, 11) is 0. The third kappa shape index (κ3) is 2.55. The van der Waals surface area contributed by atoms with Crippen LogP contribution in [0, 0.1) is 0 Å². The number of halogens is 1. The Balaban J connectivity index is 2.19. The molecule has 0 aromatic carbocycles. The van der Waals surface area contributed by atoms with Crippen molar-refractivity contribution in [3.63, 3.8) is 0 Å². The molecule has 1 aromatic heterocycles. The lowest BCUT2D eigenvalue weighted by Crippen LogP contribution is -2.34. The normalized spacial score (nSPS) is 22.2. The maximum absolute atomic E-state index is 6.19. The Bertz CT molecular complexity index is 338. The lowest BCUT2D eigenvalue weighted by molar-refractivity contribution is 0.149. The predicted octanol–water partition coefficient (Wildman–Crippen LogP) is 3.67. The number of nitrogens with zero attached hydrogens (tertiary/aromatic N) is 2. The van der Waals surface area contributed by atoms with Crippen LogP contribution in [0.4, 0.5) is 0 Å². The van der Waals surface area contributed by atoms with E-state index >= 15 is 0 Å². The monoisotopic (exact) mass is 238 g/mol. The number of aromatic nitrogens is 1. The first-order valence-corrected chi connectivity index (χ1v) is 6.55. The highest BCUT2D eigenvalue weighted by Crippen LogP contribution is 2.33. The van der Waals surface area contributed by atoms with Crippen LogP contribution in [0.25, 0.3) is 0 Å². The summed E-state index contributed by atoms with van der Waals surface area (Å²) in [5, 5.41) is 0.676. The second kappa shape index (κ2) is 5.65. The van der Waals surface area contributed by atoms with Gasteiger partial charge in [-0.25, -0.2) is 4.98 Å². The topological polar surface area (TPSA) is 16.1 Å². The molecule has 0 unspecified atom stereocenters. The van der Waals surface area contributed by atoms with Crippen molar-refractivity contribution in [3.8, 4) is 0 Å². The van der Waals surface area contributed by atoms with Crippen molar-refractivity contribution in [1.82, 2.24) is 9.88 Å². The molecule has 1 saturated heterocycles. The van der Waals surface area contributed by atoms with Gasteiger partial charge in [-0.05, 0) is 38.4 Å². The fourth-order valence-corrected chi connectivity index (χ4v) is 2.79. The van der Waals surface area contributed by atoms with E-state index in [2.05, 4.69) is 22.9 Å². The van der Waals surface area contributed by atoms with Gasteiger partial charge in [0.1, 0.15) is 5.15 Å². The van der Waals surface area contributed by atoms with Gasteiger partial charge in [0.2, 0.25) is 0 Å². The molecule has 0 aliphatic carbocycles. The van der Waals surface area contributed by atoms with E-state index in [1.807, 2.05) is 6.07 Å². The standard InChI is InChI=1S/C13H19ClN2/c1-2-9-16-10-4-3-7-12(16)11-6-5-8-15-13(11)14/h5-6,8,12H,2-4,7,9-10H2,1H3/t12-/m0/s1. The quantitative estimate of drug-likeness (QED) is 0.747. The minimum Gasteiger partial charge on any atom is -0.296 e. The van der Waals surface area contributed by atoms with Crippen LogP contribution in [0.3, 0.4) is 0 Å². The Morgan fingerprint density at radius 2 is 2.38 bits per heavy atom. The molecule has 1 aliphatic rings. The van der Waals surface area contributed by atoms with E-state index in [4.69, 9.17) is 11.6 Å². The predicted molar refractivity (Wildman–Crippen MR) is 67.7 cm³/mol. The fourth-order valence-electron chi connectivity index (χ4n) is 2.55. The van der Waals surface area contributed by atoms with Crippen LogP contribution in [0.1, 0.15) is 44.2 Å². The van der Waals surface area contributed by atoms with Crippen molar-refractivity contribution in [1.29, 1.82) is 0 Å². The molecular formula is C13H19ClN2. The number of hydrogen-bond acceptors (Lipinski definition) is 2. The number of hydrogen-bond donors (Lipinski definition) is 0. The van der Waals surface area contributed by atoms with Gasteiger partial charge < -0.3 is 0 Å². The molecule has 0 saturated carbocycles. The minimum absolute atomic E-state index is 0.481. The van der Waals surface area contributed by atoms with E-state index in [1.54, 1.807) is 6.20 Å². The molecule has 1 aromatic rings. The van der Waals surface area contributed by atoms with Crippen molar-refractivity contribution in [2.24, 2.45) is 0 Å². The van der Waals surface area contributed by atoms with Gasteiger partial charge >= 0.3 is 0 Å². The number of rotatable bonds is 3. The van der Waals surface area contributed by atoms with E-state index in [0.29, 0.717) is 11.2 Å². The zero-order chi connectivity index (χ0) is 11.4. The summed E-state index contributed by atoms with van der Waals surface area (Å²) in [4.78, 5) is 6.74. The summed E-state index contributed by atoms with van der Waals surface area (Å²) in [5.41, 5.74) is 1.21. The van der Waals surface area contributed by atoms with Gasteiger partial charge in [-0.2, -0.15) is 0 Å². The van der Waals surface area contributed by atoms with Gasteiger partial charge in [0.15, 0.2) is 0 Å². The van der Waals surface area contributed by atoms with Crippen LogP contribution in [-0.2, 0) is 0 Å². The highest BCUT2D eigenvalue weighted by Gasteiger charge is 2.24.